The van der Waals surface area contributed by atoms with Crippen molar-refractivity contribution in [3.63, 3.8) is 0 Å². The normalized spacial score (nSPS) is 11.8. The van der Waals surface area contributed by atoms with Crippen molar-refractivity contribution in [1.29, 1.82) is 0 Å². The topological polar surface area (TPSA) is 66.0 Å². The SMILES string of the molecule is CCNC(=NCc1ccc(C(=O)N(C)C)cc1)NCC(C)Oc1cccc(F)c1.I. The van der Waals surface area contributed by atoms with Gasteiger partial charge in [-0.3, -0.25) is 4.79 Å². The van der Waals surface area contributed by atoms with E-state index in [2.05, 4.69) is 15.6 Å². The molecule has 2 rings (SSSR count). The second-order valence-electron chi connectivity index (χ2n) is 6.86. The van der Waals surface area contributed by atoms with E-state index in [1.807, 2.05) is 38.1 Å². The number of rotatable bonds is 8. The van der Waals surface area contributed by atoms with Crippen LogP contribution in [-0.2, 0) is 6.54 Å². The van der Waals surface area contributed by atoms with Gasteiger partial charge >= 0.3 is 0 Å². The Hall–Kier alpha value is -2.36. The fourth-order valence-corrected chi connectivity index (χ4v) is 2.58. The average Bonchev–Trinajstić information content (AvgIpc) is 2.70. The molecule has 0 aromatic heterocycles. The Morgan fingerprint density at radius 1 is 1.17 bits per heavy atom. The van der Waals surface area contributed by atoms with Gasteiger partial charge in [-0.2, -0.15) is 0 Å². The van der Waals surface area contributed by atoms with Crippen LogP contribution in [0.1, 0.15) is 29.8 Å². The number of amides is 1. The lowest BCUT2D eigenvalue weighted by Crippen LogP contribution is -2.41. The molecule has 30 heavy (non-hydrogen) atoms. The predicted octanol–water partition coefficient (Wildman–Crippen LogP) is 3.67. The highest BCUT2D eigenvalue weighted by atomic mass is 127. The van der Waals surface area contributed by atoms with Gasteiger partial charge in [0.05, 0.1) is 13.1 Å². The van der Waals surface area contributed by atoms with Gasteiger partial charge in [0.2, 0.25) is 0 Å². The van der Waals surface area contributed by atoms with Crippen molar-refractivity contribution in [3.8, 4) is 5.75 Å². The third-order valence-electron chi connectivity index (χ3n) is 4.06. The van der Waals surface area contributed by atoms with E-state index < -0.39 is 0 Å². The molecule has 164 valence electrons. The molecule has 0 aliphatic carbocycles. The van der Waals surface area contributed by atoms with Gasteiger partial charge in [0.25, 0.3) is 5.91 Å². The van der Waals surface area contributed by atoms with Crippen molar-refractivity contribution < 1.29 is 13.9 Å². The number of aliphatic imine (C=N–C) groups is 1. The first-order valence-electron chi connectivity index (χ1n) is 9.64. The fraction of sp³-hybridized carbons (Fsp3) is 0.364. The van der Waals surface area contributed by atoms with Gasteiger partial charge in [0, 0.05) is 32.3 Å². The van der Waals surface area contributed by atoms with Gasteiger partial charge in [-0.25, -0.2) is 9.38 Å². The number of hydrogen-bond acceptors (Lipinski definition) is 3. The van der Waals surface area contributed by atoms with Crippen molar-refractivity contribution in [1.82, 2.24) is 15.5 Å². The number of nitrogens with one attached hydrogen (secondary N) is 2. The lowest BCUT2D eigenvalue weighted by molar-refractivity contribution is 0.0827. The number of benzene rings is 2. The number of hydrogen-bond donors (Lipinski definition) is 2. The fourth-order valence-electron chi connectivity index (χ4n) is 2.58. The molecule has 0 heterocycles. The Morgan fingerprint density at radius 2 is 1.87 bits per heavy atom. The van der Waals surface area contributed by atoms with Gasteiger partial charge in [0.1, 0.15) is 17.7 Å². The van der Waals surface area contributed by atoms with Crippen molar-refractivity contribution >= 4 is 35.8 Å². The molecule has 2 N–H and O–H groups in total. The average molecular weight is 528 g/mol. The molecule has 0 spiro atoms. The lowest BCUT2D eigenvalue weighted by Gasteiger charge is -2.17. The molecule has 1 unspecified atom stereocenters. The summed E-state index contributed by atoms with van der Waals surface area (Å²) >= 11 is 0. The van der Waals surface area contributed by atoms with E-state index in [1.165, 1.54) is 12.1 Å². The zero-order chi connectivity index (χ0) is 21.2. The summed E-state index contributed by atoms with van der Waals surface area (Å²) in [5.74, 6) is 0.808. The van der Waals surface area contributed by atoms with E-state index in [4.69, 9.17) is 4.74 Å². The lowest BCUT2D eigenvalue weighted by atomic mass is 10.1. The minimum absolute atomic E-state index is 0. The molecule has 0 saturated heterocycles. The van der Waals surface area contributed by atoms with E-state index in [0.717, 1.165) is 12.1 Å². The maximum absolute atomic E-state index is 13.3. The summed E-state index contributed by atoms with van der Waals surface area (Å²) in [6.45, 7) is 5.61. The van der Waals surface area contributed by atoms with Crippen LogP contribution >= 0.6 is 24.0 Å². The minimum Gasteiger partial charge on any atom is -0.489 e. The molecule has 2 aromatic rings. The molecule has 6 nitrogen and oxygen atoms in total. The molecule has 0 bridgehead atoms. The van der Waals surface area contributed by atoms with Crippen LogP contribution in [0, 0.1) is 5.82 Å². The monoisotopic (exact) mass is 528 g/mol. The van der Waals surface area contributed by atoms with E-state index in [1.54, 1.807) is 31.1 Å². The van der Waals surface area contributed by atoms with Crippen LogP contribution in [0.25, 0.3) is 0 Å². The van der Waals surface area contributed by atoms with Gasteiger partial charge in [0.15, 0.2) is 5.96 Å². The highest BCUT2D eigenvalue weighted by Crippen LogP contribution is 2.13. The maximum Gasteiger partial charge on any atom is 0.253 e. The summed E-state index contributed by atoms with van der Waals surface area (Å²) in [7, 11) is 3.46. The van der Waals surface area contributed by atoms with Crippen molar-refractivity contribution in [2.45, 2.75) is 26.5 Å². The number of guanidine groups is 1. The highest BCUT2D eigenvalue weighted by Gasteiger charge is 2.08. The second kappa shape index (κ2) is 13.0. The summed E-state index contributed by atoms with van der Waals surface area (Å²) < 4.78 is 19.0. The molecule has 0 fully saturated rings. The third kappa shape index (κ3) is 8.56. The summed E-state index contributed by atoms with van der Waals surface area (Å²) in [4.78, 5) is 18.1. The Balaban J connectivity index is 0.00000450. The minimum atomic E-state index is -0.323. The Bertz CT molecular complexity index is 828. The molecule has 0 saturated carbocycles. The van der Waals surface area contributed by atoms with E-state index in [0.29, 0.717) is 30.4 Å². The van der Waals surface area contributed by atoms with E-state index in [9.17, 15) is 9.18 Å². The van der Waals surface area contributed by atoms with Crippen LogP contribution in [0.5, 0.6) is 5.75 Å². The largest absolute Gasteiger partial charge is 0.489 e. The Kier molecular flexibility index (Phi) is 11.2. The van der Waals surface area contributed by atoms with Crippen molar-refractivity contribution in [3.05, 3.63) is 65.5 Å². The summed E-state index contributed by atoms with van der Waals surface area (Å²) in [6.07, 6.45) is -0.169. The quantitative estimate of drug-likeness (QED) is 0.312. The zero-order valence-corrected chi connectivity index (χ0v) is 20.1. The number of carbonyl (C=O) groups is 1. The molecule has 0 aliphatic rings. The molecular weight excluding hydrogens is 498 g/mol. The smallest absolute Gasteiger partial charge is 0.253 e. The molecule has 2 aromatic carbocycles. The first-order valence-corrected chi connectivity index (χ1v) is 9.64. The van der Waals surface area contributed by atoms with Gasteiger partial charge in [-0.1, -0.05) is 18.2 Å². The first-order chi connectivity index (χ1) is 13.9. The first kappa shape index (κ1) is 25.7. The summed E-state index contributed by atoms with van der Waals surface area (Å²) in [5, 5.41) is 6.42. The second-order valence-corrected chi connectivity index (χ2v) is 6.86. The van der Waals surface area contributed by atoms with Crippen molar-refractivity contribution in [2.24, 2.45) is 4.99 Å². The van der Waals surface area contributed by atoms with Crippen LogP contribution in [0.4, 0.5) is 4.39 Å². The Morgan fingerprint density at radius 3 is 2.47 bits per heavy atom. The van der Waals surface area contributed by atoms with Gasteiger partial charge in [-0.15, -0.1) is 24.0 Å². The summed E-state index contributed by atoms with van der Waals surface area (Å²) in [6, 6.07) is 13.5. The van der Waals surface area contributed by atoms with E-state index >= 15 is 0 Å². The van der Waals surface area contributed by atoms with Crippen molar-refractivity contribution in [2.75, 3.05) is 27.2 Å². The third-order valence-corrected chi connectivity index (χ3v) is 4.06. The molecule has 0 aliphatic heterocycles. The van der Waals surface area contributed by atoms with Crippen LogP contribution in [0.15, 0.2) is 53.5 Å². The molecular formula is C22H30FIN4O2. The standard InChI is InChI=1S/C22H29FN4O2.HI/c1-5-24-22(25-14-16(2)29-20-8-6-7-19(23)13-20)26-15-17-9-11-18(12-10-17)21(28)27(3)4;/h6-13,16H,5,14-15H2,1-4H3,(H2,24,25,26);1H. The number of ether oxygens (including phenoxy) is 1. The number of carbonyl (C=O) groups excluding carboxylic acids is 1. The van der Waals surface area contributed by atoms with Crippen LogP contribution < -0.4 is 15.4 Å². The Labute approximate surface area is 194 Å². The maximum atomic E-state index is 13.3. The molecule has 0 radical (unpaired) electrons. The zero-order valence-electron chi connectivity index (χ0n) is 17.8. The summed E-state index contributed by atoms with van der Waals surface area (Å²) in [5.41, 5.74) is 1.65. The van der Waals surface area contributed by atoms with Crippen LogP contribution in [-0.4, -0.2) is 50.1 Å². The molecule has 1 amide bonds. The van der Waals surface area contributed by atoms with Crippen LogP contribution in [0.2, 0.25) is 0 Å². The van der Waals surface area contributed by atoms with Gasteiger partial charge in [-0.05, 0) is 43.7 Å². The number of halogens is 2. The molecule has 1 atom stereocenters. The number of nitrogens with zero attached hydrogens (tertiary/aromatic N) is 2. The predicted molar refractivity (Wildman–Crippen MR) is 129 cm³/mol. The highest BCUT2D eigenvalue weighted by molar-refractivity contribution is 14.0. The van der Waals surface area contributed by atoms with Crippen LogP contribution in [0.3, 0.4) is 0 Å². The van der Waals surface area contributed by atoms with E-state index in [-0.39, 0.29) is 41.8 Å². The van der Waals surface area contributed by atoms with Gasteiger partial charge < -0.3 is 20.3 Å². The molecule has 8 heteroatoms.